The number of anilines is 1. The van der Waals surface area contributed by atoms with Crippen molar-refractivity contribution >= 4 is 15.7 Å². The average Bonchev–Trinajstić information content (AvgIpc) is 2.59. The maximum absolute atomic E-state index is 13.7. The van der Waals surface area contributed by atoms with E-state index in [4.69, 9.17) is 4.74 Å². The Labute approximate surface area is 146 Å². The van der Waals surface area contributed by atoms with Gasteiger partial charge in [0.15, 0.2) is 11.6 Å². The van der Waals surface area contributed by atoms with Crippen LogP contribution in [-0.4, -0.2) is 41.3 Å². The zero-order valence-electron chi connectivity index (χ0n) is 14.2. The van der Waals surface area contributed by atoms with E-state index in [9.17, 15) is 17.9 Å². The van der Waals surface area contributed by atoms with E-state index in [1.54, 1.807) is 12.1 Å². The molecule has 6 nitrogen and oxygen atoms in total. The molecule has 8 heteroatoms. The molecule has 2 rings (SSSR count). The Balaban J connectivity index is 2.07. The summed E-state index contributed by atoms with van der Waals surface area (Å²) in [6, 6.07) is 10.4. The Morgan fingerprint density at radius 1 is 1.20 bits per heavy atom. The van der Waals surface area contributed by atoms with Crippen molar-refractivity contribution in [3.8, 4) is 5.75 Å². The second-order valence-electron chi connectivity index (χ2n) is 5.65. The van der Waals surface area contributed by atoms with E-state index in [-0.39, 0.29) is 17.2 Å². The molecule has 1 atom stereocenters. The van der Waals surface area contributed by atoms with Crippen LogP contribution in [0.2, 0.25) is 0 Å². The molecule has 0 bridgehead atoms. The van der Waals surface area contributed by atoms with Gasteiger partial charge in [-0.3, -0.25) is 0 Å². The number of nitrogens with zero attached hydrogens (tertiary/aromatic N) is 1. The predicted octanol–water partition coefficient (Wildman–Crippen LogP) is 1.91. The summed E-state index contributed by atoms with van der Waals surface area (Å²) in [6.45, 7) is -0.225. The fourth-order valence-electron chi connectivity index (χ4n) is 2.20. The summed E-state index contributed by atoms with van der Waals surface area (Å²) in [5.41, 5.74) is 1.54. The van der Waals surface area contributed by atoms with E-state index in [1.165, 1.54) is 19.2 Å². The smallest absolute Gasteiger partial charge is 0.240 e. The van der Waals surface area contributed by atoms with Crippen LogP contribution in [-0.2, 0) is 10.0 Å². The van der Waals surface area contributed by atoms with Crippen LogP contribution >= 0.6 is 0 Å². The Morgan fingerprint density at radius 2 is 1.84 bits per heavy atom. The van der Waals surface area contributed by atoms with Gasteiger partial charge in [-0.15, -0.1) is 0 Å². The molecule has 2 N–H and O–H groups in total. The quantitative estimate of drug-likeness (QED) is 0.781. The summed E-state index contributed by atoms with van der Waals surface area (Å²) in [7, 11) is 1.14. The number of rotatable bonds is 7. The minimum atomic E-state index is -3.95. The van der Waals surface area contributed by atoms with Crippen molar-refractivity contribution in [1.82, 2.24) is 4.72 Å². The SMILES string of the molecule is COc1ccc(S(=O)(=O)NC[C@H](O)c2ccc(N(C)C)cc2)cc1F. The first-order valence-corrected chi connectivity index (χ1v) is 9.01. The summed E-state index contributed by atoms with van der Waals surface area (Å²) in [6.07, 6.45) is -1.02. The van der Waals surface area contributed by atoms with Gasteiger partial charge in [0.05, 0.1) is 18.1 Å². The van der Waals surface area contributed by atoms with Crippen LogP contribution in [0.1, 0.15) is 11.7 Å². The van der Waals surface area contributed by atoms with Gasteiger partial charge in [-0.2, -0.15) is 0 Å². The molecule has 0 spiro atoms. The second-order valence-corrected chi connectivity index (χ2v) is 7.42. The average molecular weight is 368 g/mol. The monoisotopic (exact) mass is 368 g/mol. The maximum atomic E-state index is 13.7. The van der Waals surface area contributed by atoms with Crippen molar-refractivity contribution in [2.45, 2.75) is 11.0 Å². The molecule has 0 aromatic heterocycles. The Bertz CT molecular complexity index is 823. The molecule has 0 amide bonds. The Morgan fingerprint density at radius 3 is 2.36 bits per heavy atom. The number of aliphatic hydroxyl groups excluding tert-OH is 1. The topological polar surface area (TPSA) is 78.9 Å². The third-order valence-electron chi connectivity index (χ3n) is 3.69. The van der Waals surface area contributed by atoms with Gasteiger partial charge in [0.25, 0.3) is 0 Å². The number of sulfonamides is 1. The van der Waals surface area contributed by atoms with Gasteiger partial charge in [0, 0.05) is 26.3 Å². The number of benzene rings is 2. The number of methoxy groups -OCH3 is 1. The van der Waals surface area contributed by atoms with Crippen LogP contribution in [0.5, 0.6) is 5.75 Å². The fourth-order valence-corrected chi connectivity index (χ4v) is 3.25. The van der Waals surface area contributed by atoms with Crippen LogP contribution in [0, 0.1) is 5.82 Å². The van der Waals surface area contributed by atoms with Crippen LogP contribution < -0.4 is 14.4 Å². The van der Waals surface area contributed by atoms with Gasteiger partial charge in [-0.05, 0) is 35.9 Å². The van der Waals surface area contributed by atoms with E-state index in [1.807, 2.05) is 31.1 Å². The third-order valence-corrected chi connectivity index (χ3v) is 5.12. The van der Waals surface area contributed by atoms with Crippen molar-refractivity contribution in [1.29, 1.82) is 0 Å². The zero-order valence-corrected chi connectivity index (χ0v) is 15.0. The minimum absolute atomic E-state index is 0.0417. The Hall–Kier alpha value is -2.16. The van der Waals surface area contributed by atoms with Crippen molar-refractivity contribution in [2.75, 3.05) is 32.6 Å². The van der Waals surface area contributed by atoms with Crippen LogP contribution in [0.25, 0.3) is 0 Å². The molecule has 0 unspecified atom stereocenters. The van der Waals surface area contributed by atoms with Gasteiger partial charge in [0.2, 0.25) is 10.0 Å². The number of nitrogens with one attached hydrogen (secondary N) is 1. The molecule has 0 aliphatic rings. The highest BCUT2D eigenvalue weighted by Crippen LogP contribution is 2.21. The number of ether oxygens (including phenoxy) is 1. The molecule has 0 saturated carbocycles. The number of hydrogen-bond donors (Lipinski definition) is 2. The van der Waals surface area contributed by atoms with Crippen molar-refractivity contribution in [2.24, 2.45) is 0 Å². The highest BCUT2D eigenvalue weighted by Gasteiger charge is 2.18. The number of hydrogen-bond acceptors (Lipinski definition) is 5. The molecule has 0 radical (unpaired) electrons. The van der Waals surface area contributed by atoms with E-state index >= 15 is 0 Å². The van der Waals surface area contributed by atoms with Crippen LogP contribution in [0.4, 0.5) is 10.1 Å². The Kier molecular flexibility index (Phi) is 5.99. The molecule has 0 saturated heterocycles. The molecule has 25 heavy (non-hydrogen) atoms. The molecule has 2 aromatic rings. The van der Waals surface area contributed by atoms with Crippen LogP contribution in [0.3, 0.4) is 0 Å². The first kappa shape index (κ1) is 19.2. The molecule has 136 valence electrons. The fraction of sp³-hybridized carbons (Fsp3) is 0.294. The predicted molar refractivity (Wildman–Crippen MR) is 93.9 cm³/mol. The van der Waals surface area contributed by atoms with Crippen molar-refractivity contribution in [3.05, 3.63) is 53.8 Å². The lowest BCUT2D eigenvalue weighted by Crippen LogP contribution is -2.28. The first-order chi connectivity index (χ1) is 11.7. The number of aliphatic hydroxyl groups is 1. The van der Waals surface area contributed by atoms with E-state index < -0.39 is 21.9 Å². The molecule has 0 heterocycles. The van der Waals surface area contributed by atoms with Gasteiger partial charge in [0.1, 0.15) is 0 Å². The highest BCUT2D eigenvalue weighted by atomic mass is 32.2. The third kappa shape index (κ3) is 4.68. The largest absolute Gasteiger partial charge is 0.494 e. The summed E-state index contributed by atoms with van der Waals surface area (Å²) in [5.74, 6) is -0.815. The molecule has 0 aliphatic carbocycles. The molecular weight excluding hydrogens is 347 g/mol. The second kappa shape index (κ2) is 7.81. The lowest BCUT2D eigenvalue weighted by molar-refractivity contribution is 0.182. The minimum Gasteiger partial charge on any atom is -0.494 e. The summed E-state index contributed by atoms with van der Waals surface area (Å²) in [5, 5.41) is 10.2. The standard InChI is InChI=1S/C17H21FN2O4S/c1-20(2)13-6-4-12(5-7-13)16(21)11-19-25(22,23)14-8-9-17(24-3)15(18)10-14/h4-10,16,19,21H,11H2,1-3H3/t16-/m0/s1. The van der Waals surface area contributed by atoms with Gasteiger partial charge < -0.3 is 14.7 Å². The van der Waals surface area contributed by atoms with Gasteiger partial charge in [-0.1, -0.05) is 12.1 Å². The van der Waals surface area contributed by atoms with E-state index in [0.29, 0.717) is 5.56 Å². The lowest BCUT2D eigenvalue weighted by Gasteiger charge is -2.16. The molecular formula is C17H21FN2O4S. The molecule has 2 aromatic carbocycles. The summed E-state index contributed by atoms with van der Waals surface area (Å²) < 4.78 is 45.2. The van der Waals surface area contributed by atoms with Gasteiger partial charge in [-0.25, -0.2) is 17.5 Å². The zero-order chi connectivity index (χ0) is 18.6. The highest BCUT2D eigenvalue weighted by molar-refractivity contribution is 7.89. The van der Waals surface area contributed by atoms with Crippen molar-refractivity contribution in [3.63, 3.8) is 0 Å². The number of halogens is 1. The van der Waals surface area contributed by atoms with Crippen LogP contribution in [0.15, 0.2) is 47.4 Å². The van der Waals surface area contributed by atoms with E-state index in [2.05, 4.69) is 4.72 Å². The first-order valence-electron chi connectivity index (χ1n) is 7.53. The van der Waals surface area contributed by atoms with Crippen molar-refractivity contribution < 1.29 is 22.7 Å². The molecule has 0 aliphatic heterocycles. The van der Waals surface area contributed by atoms with E-state index in [0.717, 1.165) is 11.8 Å². The summed E-state index contributed by atoms with van der Waals surface area (Å²) in [4.78, 5) is 1.68. The maximum Gasteiger partial charge on any atom is 0.240 e. The van der Waals surface area contributed by atoms with Gasteiger partial charge >= 0.3 is 0 Å². The normalized spacial score (nSPS) is 12.7. The summed E-state index contributed by atoms with van der Waals surface area (Å²) >= 11 is 0. The molecule has 0 fully saturated rings. The lowest BCUT2D eigenvalue weighted by atomic mass is 10.1.